The summed E-state index contributed by atoms with van der Waals surface area (Å²) in [6, 6.07) is 10.1. The Hall–Kier alpha value is -1.22. The number of benzene rings is 1. The second-order valence-electron chi connectivity index (χ2n) is 5.06. The van der Waals surface area contributed by atoms with E-state index in [1.54, 1.807) is 0 Å². The Morgan fingerprint density at radius 3 is 2.83 bits per heavy atom. The van der Waals surface area contributed by atoms with Crippen LogP contribution in [0.5, 0.6) is 0 Å². The molecule has 0 saturated heterocycles. The molecule has 1 aliphatic carbocycles. The van der Waals surface area contributed by atoms with Crippen molar-refractivity contribution >= 4 is 28.4 Å². The van der Waals surface area contributed by atoms with Crippen LogP contribution in [0.4, 0.5) is 5.69 Å². The van der Waals surface area contributed by atoms with Crippen LogP contribution in [0.15, 0.2) is 35.4 Å². The van der Waals surface area contributed by atoms with E-state index >= 15 is 0 Å². The lowest BCUT2D eigenvalue weighted by Crippen LogP contribution is -1.97. The van der Waals surface area contributed by atoms with Crippen molar-refractivity contribution in [1.82, 2.24) is 4.98 Å². The smallest absolute Gasteiger partial charge is 0.0967 e. The Balaban J connectivity index is 1.74. The van der Waals surface area contributed by atoms with Gasteiger partial charge in [-0.3, -0.25) is 0 Å². The first-order chi connectivity index (χ1) is 8.81. The second-order valence-corrected chi connectivity index (χ2v) is 6.10. The zero-order valence-electron chi connectivity index (χ0n) is 10.4. The van der Waals surface area contributed by atoms with Gasteiger partial charge in [0.1, 0.15) is 0 Å². The lowest BCUT2D eigenvalue weighted by Gasteiger charge is -2.08. The maximum Gasteiger partial charge on any atom is 0.0967 e. The molecule has 18 heavy (non-hydrogen) atoms. The van der Waals surface area contributed by atoms with Gasteiger partial charge in [-0.15, -0.1) is 11.8 Å². The molecule has 1 saturated carbocycles. The largest absolute Gasteiger partial charge is 0.399 e. The summed E-state index contributed by atoms with van der Waals surface area (Å²) in [4.78, 5) is 4.68. The quantitative estimate of drug-likeness (QED) is 0.665. The van der Waals surface area contributed by atoms with Gasteiger partial charge in [-0.1, -0.05) is 18.9 Å². The highest BCUT2D eigenvalue weighted by molar-refractivity contribution is 7.99. The van der Waals surface area contributed by atoms with Gasteiger partial charge in [0.05, 0.1) is 10.5 Å². The zero-order valence-corrected chi connectivity index (χ0v) is 11.2. The number of nitrogens with two attached hydrogens (primary N) is 1. The molecule has 0 spiro atoms. The van der Waals surface area contributed by atoms with Crippen molar-refractivity contribution < 1.29 is 0 Å². The Morgan fingerprint density at radius 1 is 1.17 bits per heavy atom. The number of aromatic nitrogens is 1. The standard InChI is InChI=1S/C15H18N2S/c16-13-6-7-14-12(9-13)5-8-15(17-14)18-10-11-3-1-2-4-11/h5-9,11H,1-4,10,16H2. The first kappa shape index (κ1) is 11.8. The minimum atomic E-state index is 0.802. The summed E-state index contributed by atoms with van der Waals surface area (Å²) in [6.45, 7) is 0. The zero-order chi connectivity index (χ0) is 12.4. The van der Waals surface area contributed by atoms with E-state index in [0.29, 0.717) is 0 Å². The van der Waals surface area contributed by atoms with E-state index in [0.717, 1.165) is 27.5 Å². The van der Waals surface area contributed by atoms with Crippen molar-refractivity contribution in [1.29, 1.82) is 0 Å². The van der Waals surface area contributed by atoms with E-state index in [9.17, 15) is 0 Å². The lowest BCUT2D eigenvalue weighted by atomic mass is 10.1. The van der Waals surface area contributed by atoms with Crippen molar-refractivity contribution in [2.45, 2.75) is 30.7 Å². The Kier molecular flexibility index (Phi) is 3.41. The Morgan fingerprint density at radius 2 is 2.00 bits per heavy atom. The van der Waals surface area contributed by atoms with Crippen molar-refractivity contribution in [3.63, 3.8) is 0 Å². The van der Waals surface area contributed by atoms with Gasteiger partial charge in [0.2, 0.25) is 0 Å². The SMILES string of the molecule is Nc1ccc2nc(SCC3CCCC3)ccc2c1. The van der Waals surface area contributed by atoms with Gasteiger partial charge in [0, 0.05) is 16.8 Å². The first-order valence-electron chi connectivity index (χ1n) is 6.60. The minimum Gasteiger partial charge on any atom is -0.399 e. The first-order valence-corrected chi connectivity index (χ1v) is 7.59. The molecule has 1 fully saturated rings. The van der Waals surface area contributed by atoms with Gasteiger partial charge in [0.15, 0.2) is 0 Å². The Labute approximate surface area is 112 Å². The summed E-state index contributed by atoms with van der Waals surface area (Å²) in [5.74, 6) is 2.12. The summed E-state index contributed by atoms with van der Waals surface area (Å²) in [5, 5.41) is 2.26. The molecule has 1 heterocycles. The minimum absolute atomic E-state index is 0.802. The molecule has 0 bridgehead atoms. The lowest BCUT2D eigenvalue weighted by molar-refractivity contribution is 0.623. The molecular formula is C15H18N2S. The third-order valence-corrected chi connectivity index (χ3v) is 4.79. The molecular weight excluding hydrogens is 240 g/mol. The molecule has 0 atom stereocenters. The normalized spacial score (nSPS) is 16.4. The number of thioether (sulfide) groups is 1. The van der Waals surface area contributed by atoms with Gasteiger partial charge in [-0.25, -0.2) is 4.98 Å². The van der Waals surface area contributed by atoms with Gasteiger partial charge in [0.25, 0.3) is 0 Å². The summed E-state index contributed by atoms with van der Waals surface area (Å²) in [7, 11) is 0. The predicted octanol–water partition coefficient (Wildman–Crippen LogP) is 4.10. The summed E-state index contributed by atoms with van der Waals surface area (Å²) < 4.78 is 0. The highest BCUT2D eigenvalue weighted by Crippen LogP contribution is 2.31. The molecule has 2 aromatic rings. The van der Waals surface area contributed by atoms with Crippen LogP contribution < -0.4 is 5.73 Å². The summed E-state index contributed by atoms with van der Waals surface area (Å²) in [6.07, 6.45) is 5.62. The van der Waals surface area contributed by atoms with E-state index in [4.69, 9.17) is 5.73 Å². The van der Waals surface area contributed by atoms with Gasteiger partial charge in [-0.05, 0) is 43.0 Å². The topological polar surface area (TPSA) is 38.9 Å². The molecule has 2 nitrogen and oxygen atoms in total. The number of nitrogen functional groups attached to an aromatic ring is 1. The molecule has 1 aliphatic rings. The van der Waals surface area contributed by atoms with Crippen molar-refractivity contribution in [3.05, 3.63) is 30.3 Å². The Bertz CT molecular complexity index is 547. The van der Waals surface area contributed by atoms with Gasteiger partial charge >= 0.3 is 0 Å². The second kappa shape index (κ2) is 5.19. The molecule has 3 heteroatoms. The van der Waals surface area contributed by atoms with E-state index in [-0.39, 0.29) is 0 Å². The molecule has 1 aromatic heterocycles. The number of anilines is 1. The number of pyridine rings is 1. The van der Waals surface area contributed by atoms with Crippen LogP contribution in [0, 0.1) is 5.92 Å². The van der Waals surface area contributed by atoms with Crippen LogP contribution in [0.25, 0.3) is 10.9 Å². The van der Waals surface area contributed by atoms with Crippen LogP contribution in [0.2, 0.25) is 0 Å². The molecule has 0 aliphatic heterocycles. The average Bonchev–Trinajstić information content (AvgIpc) is 2.89. The van der Waals surface area contributed by atoms with E-state index < -0.39 is 0 Å². The molecule has 94 valence electrons. The van der Waals surface area contributed by atoms with Crippen molar-refractivity contribution in [2.24, 2.45) is 5.92 Å². The molecule has 0 amide bonds. The fraction of sp³-hybridized carbons (Fsp3) is 0.400. The van der Waals surface area contributed by atoms with Crippen LogP contribution in [-0.4, -0.2) is 10.7 Å². The van der Waals surface area contributed by atoms with Crippen LogP contribution >= 0.6 is 11.8 Å². The van der Waals surface area contributed by atoms with Crippen molar-refractivity contribution in [2.75, 3.05) is 11.5 Å². The fourth-order valence-electron chi connectivity index (χ4n) is 2.59. The highest BCUT2D eigenvalue weighted by atomic mass is 32.2. The summed E-state index contributed by atoms with van der Waals surface area (Å²) in [5.41, 5.74) is 7.61. The van der Waals surface area contributed by atoms with Crippen molar-refractivity contribution in [3.8, 4) is 0 Å². The van der Waals surface area contributed by atoms with E-state index in [1.807, 2.05) is 30.0 Å². The van der Waals surface area contributed by atoms with Crippen LogP contribution in [-0.2, 0) is 0 Å². The monoisotopic (exact) mass is 258 g/mol. The number of rotatable bonds is 3. The number of hydrogen-bond acceptors (Lipinski definition) is 3. The molecule has 1 aromatic carbocycles. The maximum atomic E-state index is 5.77. The van der Waals surface area contributed by atoms with Crippen LogP contribution in [0.1, 0.15) is 25.7 Å². The molecule has 3 rings (SSSR count). The third-order valence-electron chi connectivity index (χ3n) is 3.63. The van der Waals surface area contributed by atoms with E-state index in [1.165, 1.54) is 31.4 Å². The van der Waals surface area contributed by atoms with Crippen LogP contribution in [0.3, 0.4) is 0 Å². The molecule has 0 radical (unpaired) electrons. The third kappa shape index (κ3) is 2.61. The molecule has 2 N–H and O–H groups in total. The predicted molar refractivity (Wildman–Crippen MR) is 78.8 cm³/mol. The average molecular weight is 258 g/mol. The fourth-order valence-corrected chi connectivity index (χ4v) is 3.65. The van der Waals surface area contributed by atoms with E-state index in [2.05, 4.69) is 17.1 Å². The highest BCUT2D eigenvalue weighted by Gasteiger charge is 2.15. The number of hydrogen-bond donors (Lipinski definition) is 1. The maximum absolute atomic E-state index is 5.77. The number of fused-ring (bicyclic) bond motifs is 1. The summed E-state index contributed by atoms with van der Waals surface area (Å²) >= 11 is 1.89. The molecule has 0 unspecified atom stereocenters. The number of nitrogens with zero attached hydrogens (tertiary/aromatic N) is 1. The van der Waals surface area contributed by atoms with Gasteiger partial charge in [-0.2, -0.15) is 0 Å². The van der Waals surface area contributed by atoms with Gasteiger partial charge < -0.3 is 5.73 Å².